The van der Waals surface area contributed by atoms with Crippen LogP contribution in [0.15, 0.2) is 6.33 Å². The van der Waals surface area contributed by atoms with Gasteiger partial charge in [-0.2, -0.15) is 0 Å². The van der Waals surface area contributed by atoms with Crippen LogP contribution in [0.25, 0.3) is 0 Å². The van der Waals surface area contributed by atoms with Crippen molar-refractivity contribution in [3.63, 3.8) is 0 Å². The highest BCUT2D eigenvalue weighted by Gasteiger charge is 2.60. The Morgan fingerprint density at radius 3 is 2.06 bits per heavy atom. The van der Waals surface area contributed by atoms with E-state index in [1.165, 1.54) is 70.5 Å². The Kier molecular flexibility index (Phi) is 14.6. The van der Waals surface area contributed by atoms with Gasteiger partial charge in [0.15, 0.2) is 17.9 Å². The number of fused-ring (bicyclic) bond motifs is 3. The number of esters is 1. The van der Waals surface area contributed by atoms with Crippen LogP contribution in [0, 0.1) is 17.0 Å². The van der Waals surface area contributed by atoms with Crippen molar-refractivity contribution in [1.29, 1.82) is 0 Å². The largest absolute Gasteiger partial charge is 0.458 e. The second-order valence-electron chi connectivity index (χ2n) is 14.4. The highest BCUT2D eigenvalue weighted by atomic mass is 16.9. The first-order valence-electron chi connectivity index (χ1n) is 18.2. The van der Waals surface area contributed by atoms with Crippen LogP contribution in [-0.2, 0) is 44.5 Å². The molecule has 0 saturated carbocycles. The molecule has 4 heterocycles. The van der Waals surface area contributed by atoms with Crippen LogP contribution in [0.5, 0.6) is 0 Å². The Morgan fingerprint density at radius 1 is 0.896 bits per heavy atom. The molecule has 3 fully saturated rings. The van der Waals surface area contributed by atoms with Gasteiger partial charge in [0.05, 0.1) is 19.8 Å². The summed E-state index contributed by atoms with van der Waals surface area (Å²) in [5.74, 6) is -2.21. The summed E-state index contributed by atoms with van der Waals surface area (Å²) in [5.41, 5.74) is 0.377. The minimum atomic E-state index is -0.832. The van der Waals surface area contributed by atoms with E-state index in [2.05, 4.69) is 11.9 Å². The van der Waals surface area contributed by atoms with Gasteiger partial charge in [-0.3, -0.25) is 4.79 Å². The second-order valence-corrected chi connectivity index (χ2v) is 14.4. The quantitative estimate of drug-likeness (QED) is 0.0545. The lowest BCUT2D eigenvalue weighted by molar-refractivity contribution is -0.389. The lowest BCUT2D eigenvalue weighted by atomic mass is 9.99. The molecule has 13 heteroatoms. The predicted molar refractivity (Wildman–Crippen MR) is 177 cm³/mol. The zero-order valence-electron chi connectivity index (χ0n) is 30.0. The van der Waals surface area contributed by atoms with Gasteiger partial charge in [-0.15, -0.1) is 0 Å². The van der Waals surface area contributed by atoms with E-state index in [1.54, 1.807) is 11.5 Å². The molecule has 274 valence electrons. The van der Waals surface area contributed by atoms with E-state index in [-0.39, 0.29) is 31.5 Å². The first kappa shape index (κ1) is 38.6. The van der Waals surface area contributed by atoms with E-state index in [9.17, 15) is 14.9 Å². The third-order valence-corrected chi connectivity index (χ3v) is 9.27. The molecular weight excluding hydrogens is 622 g/mol. The van der Waals surface area contributed by atoms with E-state index < -0.39 is 53.3 Å². The zero-order valence-corrected chi connectivity index (χ0v) is 30.0. The maximum absolute atomic E-state index is 12.9. The Bertz CT molecular complexity index is 1160. The van der Waals surface area contributed by atoms with Gasteiger partial charge in [0.25, 0.3) is 0 Å². The number of aromatic nitrogens is 2. The molecule has 1 unspecified atom stereocenters. The zero-order chi connectivity index (χ0) is 34.7. The van der Waals surface area contributed by atoms with E-state index in [0.717, 1.165) is 19.3 Å². The van der Waals surface area contributed by atoms with E-state index in [0.29, 0.717) is 12.1 Å². The molecule has 13 nitrogen and oxygen atoms in total. The molecule has 0 aliphatic carbocycles. The molecule has 3 saturated heterocycles. The number of nitro groups is 1. The third kappa shape index (κ3) is 11.4. The number of unbranched alkanes of at least 4 members (excludes halogenated alkanes) is 12. The van der Waals surface area contributed by atoms with Crippen molar-refractivity contribution >= 4 is 11.8 Å². The van der Waals surface area contributed by atoms with Gasteiger partial charge < -0.3 is 47.8 Å². The van der Waals surface area contributed by atoms with Crippen molar-refractivity contribution in [2.24, 2.45) is 0 Å². The highest BCUT2D eigenvalue weighted by Crippen LogP contribution is 2.44. The molecule has 0 radical (unpaired) electrons. The molecule has 0 spiro atoms. The van der Waals surface area contributed by atoms with E-state index in [4.69, 9.17) is 33.2 Å². The van der Waals surface area contributed by atoms with Gasteiger partial charge in [-0.05, 0) is 50.9 Å². The smallest absolute Gasteiger partial charge is 0.384 e. The molecular formula is C35H59N3O10. The van der Waals surface area contributed by atoms with Gasteiger partial charge in [0, 0.05) is 6.42 Å². The minimum absolute atomic E-state index is 0.0498. The van der Waals surface area contributed by atoms with E-state index >= 15 is 0 Å². The summed E-state index contributed by atoms with van der Waals surface area (Å²) in [6, 6.07) is 0. The SMILES string of the molecule is CCCCCCCCCCCCCCCC(=O)OC(COC[C@H]1O[C@@H]2OC(C)(C)O[C@@H]2[C@H]2OC(C)(C)O[C@H]21)Cn1cnc([N+](=O)[O-])c1C. The van der Waals surface area contributed by atoms with Gasteiger partial charge in [-0.25, -0.2) is 0 Å². The Balaban J connectivity index is 1.23. The highest BCUT2D eigenvalue weighted by molar-refractivity contribution is 5.69. The predicted octanol–water partition coefficient (Wildman–Crippen LogP) is 6.91. The molecule has 3 aliphatic rings. The number of ether oxygens (including phenoxy) is 7. The summed E-state index contributed by atoms with van der Waals surface area (Å²) in [6.45, 7) is 11.6. The van der Waals surface area contributed by atoms with Gasteiger partial charge in [-0.1, -0.05) is 84.0 Å². The van der Waals surface area contributed by atoms with Crippen molar-refractivity contribution in [2.75, 3.05) is 13.2 Å². The summed E-state index contributed by atoms with van der Waals surface area (Å²) in [4.78, 5) is 27.7. The van der Waals surface area contributed by atoms with Crippen LogP contribution in [0.1, 0.15) is 130 Å². The molecule has 0 N–H and O–H groups in total. The average Bonchev–Trinajstić information content (AvgIpc) is 3.65. The number of carbonyl (C=O) groups excluding carboxylic acids is 1. The number of rotatable bonds is 22. The fourth-order valence-electron chi connectivity index (χ4n) is 6.81. The van der Waals surface area contributed by atoms with Crippen LogP contribution in [-0.4, -0.2) is 82.0 Å². The van der Waals surface area contributed by atoms with Crippen LogP contribution in [0.2, 0.25) is 0 Å². The lowest BCUT2D eigenvalue weighted by Crippen LogP contribution is -2.56. The normalized spacial score (nSPS) is 26.2. The molecule has 0 bridgehead atoms. The third-order valence-electron chi connectivity index (χ3n) is 9.27. The van der Waals surface area contributed by atoms with Crippen LogP contribution in [0.4, 0.5) is 5.82 Å². The lowest BCUT2D eigenvalue weighted by Gasteiger charge is -2.37. The van der Waals surface area contributed by atoms with E-state index in [1.807, 2.05) is 27.7 Å². The first-order chi connectivity index (χ1) is 22.9. The number of nitrogens with zero attached hydrogens (tertiary/aromatic N) is 3. The fourth-order valence-corrected chi connectivity index (χ4v) is 6.81. The summed E-state index contributed by atoms with van der Waals surface area (Å²) in [6.07, 6.45) is 14.5. The summed E-state index contributed by atoms with van der Waals surface area (Å²) in [5, 5.41) is 11.4. The van der Waals surface area contributed by atoms with Crippen molar-refractivity contribution in [2.45, 2.75) is 186 Å². The number of hydrogen-bond donors (Lipinski definition) is 0. The average molecular weight is 682 g/mol. The Morgan fingerprint density at radius 2 is 1.46 bits per heavy atom. The van der Waals surface area contributed by atoms with Crippen LogP contribution < -0.4 is 0 Å². The molecule has 1 aromatic heterocycles. The summed E-state index contributed by atoms with van der Waals surface area (Å²) in [7, 11) is 0. The molecule has 3 aliphatic heterocycles. The van der Waals surface area contributed by atoms with Crippen molar-refractivity contribution < 1.29 is 42.9 Å². The van der Waals surface area contributed by atoms with Crippen molar-refractivity contribution in [1.82, 2.24) is 9.55 Å². The van der Waals surface area contributed by atoms with Crippen molar-refractivity contribution in [3.8, 4) is 0 Å². The number of carbonyl (C=O) groups is 1. The summed E-state index contributed by atoms with van der Waals surface area (Å²) >= 11 is 0. The molecule has 4 rings (SSSR count). The van der Waals surface area contributed by atoms with Gasteiger partial charge in [0.1, 0.15) is 36.2 Å². The molecule has 48 heavy (non-hydrogen) atoms. The number of imidazole rings is 1. The van der Waals surface area contributed by atoms with Gasteiger partial charge >= 0.3 is 11.8 Å². The fraction of sp³-hybridized carbons (Fsp3) is 0.886. The van der Waals surface area contributed by atoms with Crippen LogP contribution >= 0.6 is 0 Å². The molecule has 0 amide bonds. The first-order valence-corrected chi connectivity index (χ1v) is 18.2. The second kappa shape index (κ2) is 18.2. The van der Waals surface area contributed by atoms with Crippen LogP contribution in [0.3, 0.4) is 0 Å². The number of hydrogen-bond acceptors (Lipinski definition) is 11. The molecule has 6 atom stereocenters. The van der Waals surface area contributed by atoms with Gasteiger partial charge in [0.2, 0.25) is 6.33 Å². The monoisotopic (exact) mass is 681 g/mol. The Labute approximate surface area is 285 Å². The topological polar surface area (TPSA) is 143 Å². The molecule has 0 aromatic carbocycles. The minimum Gasteiger partial charge on any atom is -0.458 e. The maximum Gasteiger partial charge on any atom is 0.384 e. The summed E-state index contributed by atoms with van der Waals surface area (Å²) < 4.78 is 44.2. The standard InChI is InChI=1S/C35H59N3O10/c1-7-8-9-10-11-12-13-14-15-16-17-18-19-20-28(39)43-26(21-37-24-36-32(25(37)2)38(40)41)22-42-23-27-29-30(46-34(3,4)45-29)31-33(44-27)48-35(5,6)47-31/h24,26-27,29-31,33H,7-23H2,1-6H3/t26?,27-,29+,30+,31-,33-/m1/s1. The Hall–Kier alpha value is -2.16. The molecule has 1 aromatic rings. The maximum atomic E-state index is 12.9. The van der Waals surface area contributed by atoms with Crippen molar-refractivity contribution in [3.05, 3.63) is 22.1 Å².